The average Bonchev–Trinajstić information content (AvgIpc) is 2.57. The van der Waals surface area contributed by atoms with Crippen LogP contribution in [0.3, 0.4) is 0 Å². The van der Waals surface area contributed by atoms with Crippen LogP contribution in [0.25, 0.3) is 0 Å². The zero-order chi connectivity index (χ0) is 17.4. The van der Waals surface area contributed by atoms with Gasteiger partial charge >= 0.3 is 6.03 Å². The molecule has 3 amide bonds. The SMILES string of the molecule is CC[C@@H](C)NC(=O)NC(=O)CN1CCN(Cc2ccccc2)CC1. The normalized spacial score (nSPS) is 17.2. The monoisotopic (exact) mass is 332 g/mol. The van der Waals surface area contributed by atoms with Crippen LogP contribution in [0.15, 0.2) is 30.3 Å². The molecule has 0 aromatic heterocycles. The van der Waals surface area contributed by atoms with E-state index in [2.05, 4.69) is 44.7 Å². The number of rotatable bonds is 6. The number of carbonyl (C=O) groups is 2. The summed E-state index contributed by atoms with van der Waals surface area (Å²) in [5, 5.41) is 5.13. The molecule has 0 bridgehead atoms. The molecule has 2 N–H and O–H groups in total. The Kier molecular flexibility index (Phi) is 7.21. The molecule has 0 radical (unpaired) electrons. The van der Waals surface area contributed by atoms with Gasteiger partial charge in [0.1, 0.15) is 0 Å². The molecule has 0 aliphatic carbocycles. The highest BCUT2D eigenvalue weighted by Gasteiger charge is 2.20. The fraction of sp³-hybridized carbons (Fsp3) is 0.556. The Labute approximate surface area is 144 Å². The van der Waals surface area contributed by atoms with E-state index in [1.54, 1.807) is 0 Å². The Morgan fingerprint density at radius 1 is 1.08 bits per heavy atom. The maximum atomic E-state index is 11.9. The molecule has 1 saturated heterocycles. The molecule has 1 atom stereocenters. The quantitative estimate of drug-likeness (QED) is 0.827. The molecule has 6 heteroatoms. The summed E-state index contributed by atoms with van der Waals surface area (Å²) in [6.07, 6.45) is 0.838. The molecule has 0 unspecified atom stereocenters. The molecule has 1 aliphatic rings. The maximum Gasteiger partial charge on any atom is 0.321 e. The lowest BCUT2D eigenvalue weighted by Gasteiger charge is -2.34. The Hall–Kier alpha value is -1.92. The van der Waals surface area contributed by atoms with Gasteiger partial charge in [-0.1, -0.05) is 37.3 Å². The number of nitrogens with zero attached hydrogens (tertiary/aromatic N) is 2. The molecule has 0 saturated carbocycles. The van der Waals surface area contributed by atoms with Gasteiger partial charge in [-0.05, 0) is 18.9 Å². The van der Waals surface area contributed by atoms with Crippen molar-refractivity contribution < 1.29 is 9.59 Å². The Morgan fingerprint density at radius 2 is 1.71 bits per heavy atom. The first-order chi connectivity index (χ1) is 11.6. The molecule has 132 valence electrons. The lowest BCUT2D eigenvalue weighted by molar-refractivity contribution is -0.121. The summed E-state index contributed by atoms with van der Waals surface area (Å²) >= 11 is 0. The van der Waals surface area contributed by atoms with Crippen molar-refractivity contribution >= 4 is 11.9 Å². The smallest absolute Gasteiger partial charge is 0.321 e. The molecule has 24 heavy (non-hydrogen) atoms. The van der Waals surface area contributed by atoms with Crippen molar-refractivity contribution in [3.8, 4) is 0 Å². The van der Waals surface area contributed by atoms with E-state index in [9.17, 15) is 9.59 Å². The Balaban J connectivity index is 1.67. The first-order valence-corrected chi connectivity index (χ1v) is 8.65. The molecule has 1 aliphatic heterocycles. The first kappa shape index (κ1) is 18.4. The third-order valence-electron chi connectivity index (χ3n) is 4.32. The number of benzene rings is 1. The number of urea groups is 1. The number of carbonyl (C=O) groups excluding carboxylic acids is 2. The van der Waals surface area contributed by atoms with Crippen LogP contribution in [0.1, 0.15) is 25.8 Å². The van der Waals surface area contributed by atoms with Gasteiger partial charge in [0.05, 0.1) is 6.54 Å². The largest absolute Gasteiger partial charge is 0.335 e. The number of nitrogens with one attached hydrogen (secondary N) is 2. The highest BCUT2D eigenvalue weighted by Crippen LogP contribution is 2.08. The molecule has 1 aromatic carbocycles. The highest BCUT2D eigenvalue weighted by atomic mass is 16.2. The van der Waals surface area contributed by atoms with Crippen molar-refractivity contribution in [1.82, 2.24) is 20.4 Å². The number of hydrogen-bond acceptors (Lipinski definition) is 4. The molecule has 1 fully saturated rings. The zero-order valence-electron chi connectivity index (χ0n) is 14.6. The van der Waals surface area contributed by atoms with Gasteiger partial charge in [-0.2, -0.15) is 0 Å². The van der Waals surface area contributed by atoms with Crippen molar-refractivity contribution in [2.45, 2.75) is 32.9 Å². The van der Waals surface area contributed by atoms with Gasteiger partial charge in [-0.3, -0.25) is 19.9 Å². The molecule has 1 aromatic rings. The topological polar surface area (TPSA) is 64.7 Å². The number of amides is 3. The van der Waals surface area contributed by atoms with Crippen molar-refractivity contribution in [3.05, 3.63) is 35.9 Å². The summed E-state index contributed by atoms with van der Waals surface area (Å²) in [5.41, 5.74) is 1.31. The van der Waals surface area contributed by atoms with E-state index < -0.39 is 6.03 Å². The third-order valence-corrected chi connectivity index (χ3v) is 4.32. The van der Waals surface area contributed by atoms with Gasteiger partial charge in [-0.25, -0.2) is 4.79 Å². The van der Waals surface area contributed by atoms with Crippen LogP contribution in [0, 0.1) is 0 Å². The minimum Gasteiger partial charge on any atom is -0.335 e. The molecule has 2 rings (SSSR count). The van der Waals surface area contributed by atoms with Gasteiger partial charge in [0.15, 0.2) is 0 Å². The molecule has 6 nitrogen and oxygen atoms in total. The summed E-state index contributed by atoms with van der Waals surface area (Å²) in [6, 6.07) is 10.1. The number of hydrogen-bond donors (Lipinski definition) is 2. The zero-order valence-corrected chi connectivity index (χ0v) is 14.6. The van der Waals surface area contributed by atoms with Crippen LogP contribution in [0.2, 0.25) is 0 Å². The number of imide groups is 1. The Bertz CT molecular complexity index is 527. The summed E-state index contributed by atoms with van der Waals surface area (Å²) in [6.45, 7) is 8.66. The lowest BCUT2D eigenvalue weighted by Crippen LogP contribution is -2.51. The van der Waals surface area contributed by atoms with Crippen molar-refractivity contribution in [2.24, 2.45) is 0 Å². The van der Waals surface area contributed by atoms with Gasteiger partial charge < -0.3 is 5.32 Å². The lowest BCUT2D eigenvalue weighted by atomic mass is 10.2. The van der Waals surface area contributed by atoms with Gasteiger partial charge in [0.2, 0.25) is 5.91 Å². The van der Waals surface area contributed by atoms with Crippen LogP contribution in [0.4, 0.5) is 4.79 Å². The predicted octanol–water partition coefficient (Wildman–Crippen LogP) is 1.43. The summed E-state index contributed by atoms with van der Waals surface area (Å²) in [5.74, 6) is -0.243. The van der Waals surface area contributed by atoms with Gasteiger partial charge in [-0.15, -0.1) is 0 Å². The first-order valence-electron chi connectivity index (χ1n) is 8.65. The second kappa shape index (κ2) is 9.39. The van der Waals surface area contributed by atoms with Gasteiger partial charge in [0.25, 0.3) is 0 Å². The van der Waals surface area contributed by atoms with E-state index in [-0.39, 0.29) is 18.5 Å². The summed E-state index contributed by atoms with van der Waals surface area (Å²) in [4.78, 5) is 28.1. The van der Waals surface area contributed by atoms with Crippen LogP contribution in [-0.4, -0.2) is 60.5 Å². The van der Waals surface area contributed by atoms with E-state index in [4.69, 9.17) is 0 Å². The average molecular weight is 332 g/mol. The summed E-state index contributed by atoms with van der Waals surface area (Å²) < 4.78 is 0. The maximum absolute atomic E-state index is 11.9. The summed E-state index contributed by atoms with van der Waals surface area (Å²) in [7, 11) is 0. The standard InChI is InChI=1S/C18H28N4O2/c1-3-15(2)19-18(24)20-17(23)14-22-11-9-21(10-12-22)13-16-7-5-4-6-8-16/h4-8,15H,3,9-14H2,1-2H3,(H2,19,20,23,24)/t15-/m1/s1. The second-order valence-corrected chi connectivity index (χ2v) is 6.37. The highest BCUT2D eigenvalue weighted by molar-refractivity contribution is 5.95. The van der Waals surface area contributed by atoms with Crippen LogP contribution >= 0.6 is 0 Å². The Morgan fingerprint density at radius 3 is 2.33 bits per heavy atom. The van der Waals surface area contributed by atoms with Gasteiger partial charge in [0, 0.05) is 38.8 Å². The van der Waals surface area contributed by atoms with Crippen LogP contribution < -0.4 is 10.6 Å². The minimum absolute atomic E-state index is 0.0688. The van der Waals surface area contributed by atoms with E-state index in [0.29, 0.717) is 0 Å². The van der Waals surface area contributed by atoms with E-state index >= 15 is 0 Å². The molecule has 0 spiro atoms. The second-order valence-electron chi connectivity index (χ2n) is 6.37. The fourth-order valence-electron chi connectivity index (χ4n) is 2.68. The van der Waals surface area contributed by atoms with Crippen LogP contribution in [0.5, 0.6) is 0 Å². The number of piperazine rings is 1. The van der Waals surface area contributed by atoms with Crippen LogP contribution in [-0.2, 0) is 11.3 Å². The molecular weight excluding hydrogens is 304 g/mol. The minimum atomic E-state index is -0.405. The predicted molar refractivity (Wildman–Crippen MR) is 94.6 cm³/mol. The van der Waals surface area contributed by atoms with Crippen molar-refractivity contribution in [2.75, 3.05) is 32.7 Å². The molecular formula is C18H28N4O2. The van der Waals surface area contributed by atoms with E-state index in [1.807, 2.05) is 19.9 Å². The fourth-order valence-corrected chi connectivity index (χ4v) is 2.68. The van der Waals surface area contributed by atoms with Crippen molar-refractivity contribution in [1.29, 1.82) is 0 Å². The van der Waals surface area contributed by atoms with E-state index in [1.165, 1.54) is 5.56 Å². The van der Waals surface area contributed by atoms with Crippen molar-refractivity contribution in [3.63, 3.8) is 0 Å². The third kappa shape index (κ3) is 6.29. The van der Waals surface area contributed by atoms with E-state index in [0.717, 1.165) is 39.1 Å². The molecule has 1 heterocycles.